The lowest BCUT2D eigenvalue weighted by molar-refractivity contribution is -0.120. The summed E-state index contributed by atoms with van der Waals surface area (Å²) in [6, 6.07) is 0. The maximum atomic E-state index is 11.0. The van der Waals surface area contributed by atoms with Crippen LogP contribution < -0.4 is 0 Å². The van der Waals surface area contributed by atoms with E-state index in [1.807, 2.05) is 0 Å². The molecule has 1 aliphatic rings. The molecule has 12 heavy (non-hydrogen) atoms. The van der Waals surface area contributed by atoms with Gasteiger partial charge in [0.1, 0.15) is 5.76 Å². The Labute approximate surface area is 76.5 Å². The molecule has 4 heteroatoms. The van der Waals surface area contributed by atoms with E-state index in [0.29, 0.717) is 18.6 Å². The van der Waals surface area contributed by atoms with Crippen molar-refractivity contribution in [3.63, 3.8) is 0 Å². The molecule has 1 rings (SSSR count). The van der Waals surface area contributed by atoms with Crippen molar-refractivity contribution in [2.45, 2.75) is 19.3 Å². The number of carbonyl (C=O) groups excluding carboxylic acids is 1. The molecule has 0 fully saturated rings. The van der Waals surface area contributed by atoms with Crippen molar-refractivity contribution in [2.24, 2.45) is 5.92 Å². The Balaban J connectivity index is 2.65. The van der Waals surface area contributed by atoms with E-state index in [1.165, 1.54) is 0 Å². The quantitative estimate of drug-likeness (QED) is 0.577. The van der Waals surface area contributed by atoms with Gasteiger partial charge in [0.25, 0.3) is 0 Å². The Morgan fingerprint density at radius 3 is 2.58 bits per heavy atom. The zero-order chi connectivity index (χ0) is 9.14. The molecule has 1 aliphatic carbocycles. The molecule has 0 saturated carbocycles. The van der Waals surface area contributed by atoms with Crippen LogP contribution in [-0.2, 0) is 4.79 Å². The van der Waals surface area contributed by atoms with Gasteiger partial charge >= 0.3 is 0 Å². The third-order valence-corrected chi connectivity index (χ3v) is 2.29. The van der Waals surface area contributed by atoms with Crippen molar-refractivity contribution >= 4 is 18.4 Å². The Hall–Kier alpha value is -0.640. The Kier molecular flexibility index (Phi) is 3.03. The summed E-state index contributed by atoms with van der Waals surface area (Å²) in [5.74, 6) is -0.133. The van der Waals surface area contributed by atoms with Crippen LogP contribution in [0.5, 0.6) is 0 Å². The van der Waals surface area contributed by atoms with E-state index >= 15 is 0 Å². The average Bonchev–Trinajstić information content (AvgIpc) is 2.01. The number of hydrogen-bond donors (Lipinski definition) is 3. The minimum Gasteiger partial charge on any atom is -0.508 e. The molecule has 68 valence electrons. The fourth-order valence-corrected chi connectivity index (χ4v) is 1.71. The Bertz CT molecular complexity index is 222. The normalized spacial score (nSPS) is 24.8. The molecule has 3 nitrogen and oxygen atoms in total. The number of hydrogen-bond acceptors (Lipinski definition) is 4. The van der Waals surface area contributed by atoms with Gasteiger partial charge in [0.2, 0.25) is 5.78 Å². The molecule has 0 heterocycles. The molecule has 0 bridgehead atoms. The van der Waals surface area contributed by atoms with Gasteiger partial charge in [0.15, 0.2) is 5.76 Å². The topological polar surface area (TPSA) is 57.5 Å². The summed E-state index contributed by atoms with van der Waals surface area (Å²) < 4.78 is 0. The predicted molar refractivity (Wildman–Crippen MR) is 48.5 cm³/mol. The molecule has 0 aliphatic heterocycles. The maximum Gasteiger partial charge on any atom is 0.200 e. The number of allylic oxidation sites excluding steroid dienone is 2. The summed E-state index contributed by atoms with van der Waals surface area (Å²) in [7, 11) is 0. The van der Waals surface area contributed by atoms with Gasteiger partial charge in [-0.05, 0) is 18.1 Å². The highest BCUT2D eigenvalue weighted by Crippen LogP contribution is 2.26. The van der Waals surface area contributed by atoms with E-state index in [-0.39, 0.29) is 17.5 Å². The van der Waals surface area contributed by atoms with Gasteiger partial charge in [-0.25, -0.2) is 0 Å². The molecular weight excluding hydrogens is 176 g/mol. The van der Waals surface area contributed by atoms with Crippen molar-refractivity contribution in [2.75, 3.05) is 5.75 Å². The first-order chi connectivity index (χ1) is 5.65. The third-order valence-electron chi connectivity index (χ3n) is 2.03. The molecule has 1 unspecified atom stereocenters. The molecule has 2 N–H and O–H groups in total. The fourth-order valence-electron chi connectivity index (χ4n) is 1.35. The largest absolute Gasteiger partial charge is 0.508 e. The highest BCUT2D eigenvalue weighted by atomic mass is 32.1. The smallest absolute Gasteiger partial charge is 0.200 e. The van der Waals surface area contributed by atoms with Crippen molar-refractivity contribution < 1.29 is 15.0 Å². The van der Waals surface area contributed by atoms with Crippen LogP contribution in [0.15, 0.2) is 11.5 Å². The van der Waals surface area contributed by atoms with Crippen LogP contribution in [-0.4, -0.2) is 21.7 Å². The van der Waals surface area contributed by atoms with Crippen LogP contribution in [0.4, 0.5) is 0 Å². The highest BCUT2D eigenvalue weighted by Gasteiger charge is 2.26. The molecular formula is C8H12O3S. The second-order valence-electron chi connectivity index (χ2n) is 3.01. The number of thiol groups is 1. The summed E-state index contributed by atoms with van der Waals surface area (Å²) in [5, 5.41) is 18.1. The monoisotopic (exact) mass is 188 g/mol. The lowest BCUT2D eigenvalue weighted by Crippen LogP contribution is -2.19. The second kappa shape index (κ2) is 3.85. The van der Waals surface area contributed by atoms with Crippen LogP contribution >= 0.6 is 12.6 Å². The minimum atomic E-state index is -0.453. The van der Waals surface area contributed by atoms with Gasteiger partial charge in [-0.1, -0.05) is 0 Å². The first-order valence-corrected chi connectivity index (χ1v) is 4.53. The minimum absolute atomic E-state index is 0.144. The molecule has 0 radical (unpaired) electrons. The molecule has 0 amide bonds. The zero-order valence-corrected chi connectivity index (χ0v) is 7.55. The van der Waals surface area contributed by atoms with E-state index in [2.05, 4.69) is 12.6 Å². The van der Waals surface area contributed by atoms with E-state index in [4.69, 9.17) is 10.2 Å². The van der Waals surface area contributed by atoms with Crippen LogP contribution in [0.1, 0.15) is 19.3 Å². The lowest BCUT2D eigenvalue weighted by atomic mass is 9.89. The fraction of sp³-hybridized carbons (Fsp3) is 0.625. The van der Waals surface area contributed by atoms with Gasteiger partial charge in [-0.3, -0.25) is 4.79 Å². The second-order valence-corrected chi connectivity index (χ2v) is 3.45. The molecule has 0 aromatic carbocycles. The van der Waals surface area contributed by atoms with Crippen molar-refractivity contribution in [1.29, 1.82) is 0 Å². The van der Waals surface area contributed by atoms with Crippen LogP contribution in [0.25, 0.3) is 0 Å². The summed E-state index contributed by atoms with van der Waals surface area (Å²) in [5.41, 5.74) is 0. The summed E-state index contributed by atoms with van der Waals surface area (Å²) >= 11 is 4.04. The Morgan fingerprint density at radius 2 is 2.08 bits per heavy atom. The van der Waals surface area contributed by atoms with Gasteiger partial charge in [0.05, 0.1) is 0 Å². The maximum absolute atomic E-state index is 11.0. The number of carbonyl (C=O) groups is 1. The number of aliphatic hydroxyl groups excluding tert-OH is 2. The van der Waals surface area contributed by atoms with Gasteiger partial charge in [-0.2, -0.15) is 12.6 Å². The standard InChI is InChI=1S/C8H12O3S/c9-6-3-5(1-2-12)4-7(10)8(6)11/h5,9,11-12H,1-4H2. The SMILES string of the molecule is O=C1CC(CCS)CC(O)=C1O. The highest BCUT2D eigenvalue weighted by molar-refractivity contribution is 7.80. The molecule has 1 atom stereocenters. The first-order valence-electron chi connectivity index (χ1n) is 3.90. The number of aliphatic hydroxyl groups is 2. The summed E-state index contributed by atoms with van der Waals surface area (Å²) in [6.45, 7) is 0. The van der Waals surface area contributed by atoms with Crippen molar-refractivity contribution in [1.82, 2.24) is 0 Å². The van der Waals surface area contributed by atoms with Gasteiger partial charge in [0, 0.05) is 12.8 Å². The Morgan fingerprint density at radius 1 is 1.42 bits per heavy atom. The third kappa shape index (κ3) is 1.94. The molecule has 0 aromatic rings. The molecule has 0 aromatic heterocycles. The van der Waals surface area contributed by atoms with E-state index in [0.717, 1.165) is 6.42 Å². The first kappa shape index (κ1) is 9.45. The van der Waals surface area contributed by atoms with Gasteiger partial charge in [-0.15, -0.1) is 0 Å². The molecule has 0 saturated heterocycles. The molecule has 0 spiro atoms. The number of Topliss-reactive ketones (excluding diaryl/α,β-unsaturated/α-hetero) is 1. The summed E-state index contributed by atoms with van der Waals surface area (Å²) in [6.07, 6.45) is 1.53. The van der Waals surface area contributed by atoms with E-state index in [9.17, 15) is 4.79 Å². The number of rotatable bonds is 2. The van der Waals surface area contributed by atoms with E-state index in [1.54, 1.807) is 0 Å². The number of ketones is 1. The summed E-state index contributed by atoms with van der Waals surface area (Å²) in [4.78, 5) is 11.0. The lowest BCUT2D eigenvalue weighted by Gasteiger charge is -2.19. The van der Waals surface area contributed by atoms with Crippen molar-refractivity contribution in [3.8, 4) is 0 Å². The van der Waals surface area contributed by atoms with E-state index < -0.39 is 5.76 Å². The van der Waals surface area contributed by atoms with Crippen LogP contribution in [0.2, 0.25) is 0 Å². The zero-order valence-electron chi connectivity index (χ0n) is 6.66. The predicted octanol–water partition coefficient (Wildman–Crippen LogP) is 1.61. The average molecular weight is 188 g/mol. The van der Waals surface area contributed by atoms with Gasteiger partial charge < -0.3 is 10.2 Å². The van der Waals surface area contributed by atoms with Crippen LogP contribution in [0.3, 0.4) is 0 Å². The van der Waals surface area contributed by atoms with Crippen LogP contribution in [0, 0.1) is 5.92 Å². The van der Waals surface area contributed by atoms with Crippen molar-refractivity contribution in [3.05, 3.63) is 11.5 Å².